The predicted molar refractivity (Wildman–Crippen MR) is 78.6 cm³/mol. The molecule has 0 heterocycles. The molecule has 0 unspecified atom stereocenters. The van der Waals surface area contributed by atoms with Crippen LogP contribution in [0, 0.1) is 0 Å². The Morgan fingerprint density at radius 3 is 2.47 bits per heavy atom. The lowest BCUT2D eigenvalue weighted by Crippen LogP contribution is -2.22. The van der Waals surface area contributed by atoms with E-state index in [2.05, 4.69) is 5.32 Å². The summed E-state index contributed by atoms with van der Waals surface area (Å²) in [6.45, 7) is 7.30. The minimum absolute atomic E-state index is 0.0414. The van der Waals surface area contributed by atoms with Crippen LogP contribution in [0.1, 0.15) is 39.2 Å². The van der Waals surface area contributed by atoms with Gasteiger partial charge in [-0.15, -0.1) is 0 Å². The van der Waals surface area contributed by atoms with E-state index in [9.17, 15) is 4.79 Å². The Morgan fingerprint density at radius 1 is 1.21 bits per heavy atom. The van der Waals surface area contributed by atoms with Gasteiger partial charge in [0, 0.05) is 25.3 Å². The van der Waals surface area contributed by atoms with Crippen LogP contribution >= 0.6 is 0 Å². The maximum Gasteiger partial charge on any atom is 0.224 e. The van der Waals surface area contributed by atoms with Crippen LogP contribution in [0.2, 0.25) is 0 Å². The van der Waals surface area contributed by atoms with E-state index in [1.807, 2.05) is 51.1 Å². The minimum atomic E-state index is 0.0414. The summed E-state index contributed by atoms with van der Waals surface area (Å²) in [5, 5.41) is 2.99. The Kier molecular flexibility index (Phi) is 6.90. The highest BCUT2D eigenvalue weighted by atomic mass is 16.5. The van der Waals surface area contributed by atoms with Gasteiger partial charge in [0.2, 0.25) is 5.91 Å². The standard InChI is InChI=1S/C16H23NO2/c1-4-19-12-8-11-15(18)17-16(13(2)3)14-9-6-5-7-10-14/h5-7,9-10H,4,8,11-12H2,1-3H3,(H,17,18). The number of carbonyl (C=O) groups excluding carboxylic acids is 1. The lowest BCUT2D eigenvalue weighted by Gasteiger charge is -2.12. The molecule has 0 saturated carbocycles. The number of carbonyl (C=O) groups is 1. The molecule has 0 spiro atoms. The van der Waals surface area contributed by atoms with E-state index < -0.39 is 0 Å². The first kappa shape index (κ1) is 15.4. The first-order valence-corrected chi connectivity index (χ1v) is 6.75. The third-order valence-corrected chi connectivity index (χ3v) is 2.72. The van der Waals surface area contributed by atoms with Crippen molar-refractivity contribution in [2.24, 2.45) is 0 Å². The molecule has 1 N–H and O–H groups in total. The quantitative estimate of drug-likeness (QED) is 0.764. The normalized spacial score (nSPS) is 10.1. The lowest BCUT2D eigenvalue weighted by molar-refractivity contribution is -0.120. The van der Waals surface area contributed by atoms with Crippen LogP contribution in [0.25, 0.3) is 5.70 Å². The number of nitrogens with one attached hydrogen (secondary N) is 1. The minimum Gasteiger partial charge on any atom is -0.382 e. The average Bonchev–Trinajstić information content (AvgIpc) is 2.41. The van der Waals surface area contributed by atoms with Gasteiger partial charge in [-0.25, -0.2) is 0 Å². The first-order valence-electron chi connectivity index (χ1n) is 6.75. The summed E-state index contributed by atoms with van der Waals surface area (Å²) in [7, 11) is 0. The van der Waals surface area contributed by atoms with E-state index in [4.69, 9.17) is 4.74 Å². The highest BCUT2D eigenvalue weighted by molar-refractivity contribution is 5.87. The lowest BCUT2D eigenvalue weighted by atomic mass is 10.1. The van der Waals surface area contributed by atoms with Crippen molar-refractivity contribution in [3.63, 3.8) is 0 Å². The third kappa shape index (κ3) is 5.71. The van der Waals surface area contributed by atoms with Crippen molar-refractivity contribution in [3.05, 3.63) is 41.5 Å². The second-order valence-corrected chi connectivity index (χ2v) is 4.59. The summed E-state index contributed by atoms with van der Waals surface area (Å²) in [4.78, 5) is 11.9. The Hall–Kier alpha value is -1.61. The summed E-state index contributed by atoms with van der Waals surface area (Å²) >= 11 is 0. The van der Waals surface area contributed by atoms with Crippen LogP contribution in [-0.4, -0.2) is 19.1 Å². The molecule has 1 aromatic rings. The molecule has 0 fully saturated rings. The molecule has 3 nitrogen and oxygen atoms in total. The Morgan fingerprint density at radius 2 is 1.89 bits per heavy atom. The molecule has 0 bridgehead atoms. The van der Waals surface area contributed by atoms with Crippen molar-refractivity contribution in [1.82, 2.24) is 5.32 Å². The monoisotopic (exact) mass is 261 g/mol. The smallest absolute Gasteiger partial charge is 0.224 e. The Balaban J connectivity index is 2.57. The fourth-order valence-electron chi connectivity index (χ4n) is 1.77. The second-order valence-electron chi connectivity index (χ2n) is 4.59. The van der Waals surface area contributed by atoms with Gasteiger partial charge in [0.15, 0.2) is 0 Å². The number of benzene rings is 1. The topological polar surface area (TPSA) is 38.3 Å². The zero-order chi connectivity index (χ0) is 14.1. The molecule has 0 atom stereocenters. The second kappa shape index (κ2) is 8.48. The molecule has 104 valence electrons. The average molecular weight is 261 g/mol. The van der Waals surface area contributed by atoms with Crippen LogP contribution < -0.4 is 5.32 Å². The fourth-order valence-corrected chi connectivity index (χ4v) is 1.77. The van der Waals surface area contributed by atoms with Gasteiger partial charge in [-0.2, -0.15) is 0 Å². The van der Waals surface area contributed by atoms with E-state index in [0.717, 1.165) is 23.3 Å². The molecule has 1 aromatic carbocycles. The summed E-state index contributed by atoms with van der Waals surface area (Å²) in [5.74, 6) is 0.0414. The van der Waals surface area contributed by atoms with Crippen molar-refractivity contribution >= 4 is 11.6 Å². The van der Waals surface area contributed by atoms with Gasteiger partial charge in [-0.3, -0.25) is 4.79 Å². The number of hydrogen-bond acceptors (Lipinski definition) is 2. The van der Waals surface area contributed by atoms with Gasteiger partial charge >= 0.3 is 0 Å². The predicted octanol–water partition coefficient (Wildman–Crippen LogP) is 3.37. The molecule has 3 heteroatoms. The highest BCUT2D eigenvalue weighted by Gasteiger charge is 2.08. The molecule has 1 amide bonds. The molecule has 0 aromatic heterocycles. The fraction of sp³-hybridized carbons (Fsp3) is 0.438. The van der Waals surface area contributed by atoms with Crippen LogP contribution in [0.5, 0.6) is 0 Å². The zero-order valence-corrected chi connectivity index (χ0v) is 12.0. The SMILES string of the molecule is CCOCCCC(=O)NC(=C(C)C)c1ccccc1. The Bertz CT molecular complexity index is 420. The van der Waals surface area contributed by atoms with Gasteiger partial charge in [0.25, 0.3) is 0 Å². The van der Waals surface area contributed by atoms with Crippen molar-refractivity contribution in [2.75, 3.05) is 13.2 Å². The number of allylic oxidation sites excluding steroid dienone is 1. The molecule has 0 aliphatic carbocycles. The Labute approximate surface area is 115 Å². The van der Waals surface area contributed by atoms with Gasteiger partial charge in [-0.05, 0) is 32.8 Å². The summed E-state index contributed by atoms with van der Waals surface area (Å²) < 4.78 is 5.23. The maximum atomic E-state index is 11.9. The summed E-state index contributed by atoms with van der Waals surface area (Å²) in [5.41, 5.74) is 3.05. The molecule has 0 radical (unpaired) electrons. The number of ether oxygens (including phenoxy) is 1. The van der Waals surface area contributed by atoms with Gasteiger partial charge in [0.1, 0.15) is 0 Å². The van der Waals surface area contributed by atoms with Crippen molar-refractivity contribution in [3.8, 4) is 0 Å². The van der Waals surface area contributed by atoms with Crippen LogP contribution in [0.4, 0.5) is 0 Å². The zero-order valence-electron chi connectivity index (χ0n) is 12.0. The number of rotatable bonds is 7. The third-order valence-electron chi connectivity index (χ3n) is 2.72. The van der Waals surface area contributed by atoms with E-state index in [0.29, 0.717) is 19.6 Å². The van der Waals surface area contributed by atoms with Crippen LogP contribution in [0.15, 0.2) is 35.9 Å². The maximum absolute atomic E-state index is 11.9. The van der Waals surface area contributed by atoms with Crippen molar-refractivity contribution in [1.29, 1.82) is 0 Å². The van der Waals surface area contributed by atoms with Crippen molar-refractivity contribution < 1.29 is 9.53 Å². The molecule has 0 saturated heterocycles. The first-order chi connectivity index (χ1) is 9.15. The van der Waals surface area contributed by atoms with E-state index >= 15 is 0 Å². The summed E-state index contributed by atoms with van der Waals surface area (Å²) in [6.07, 6.45) is 1.24. The number of hydrogen-bond donors (Lipinski definition) is 1. The molecule has 0 aliphatic rings. The summed E-state index contributed by atoms with van der Waals surface area (Å²) in [6, 6.07) is 9.92. The molecule has 1 rings (SSSR count). The molecule has 0 aliphatic heterocycles. The molecular weight excluding hydrogens is 238 g/mol. The highest BCUT2D eigenvalue weighted by Crippen LogP contribution is 2.15. The van der Waals surface area contributed by atoms with E-state index in [-0.39, 0.29) is 5.91 Å². The van der Waals surface area contributed by atoms with E-state index in [1.165, 1.54) is 0 Å². The largest absolute Gasteiger partial charge is 0.382 e. The van der Waals surface area contributed by atoms with Crippen LogP contribution in [0.3, 0.4) is 0 Å². The van der Waals surface area contributed by atoms with Crippen LogP contribution in [-0.2, 0) is 9.53 Å². The van der Waals surface area contributed by atoms with Gasteiger partial charge in [0.05, 0.1) is 0 Å². The molecular formula is C16H23NO2. The molecule has 19 heavy (non-hydrogen) atoms. The van der Waals surface area contributed by atoms with Gasteiger partial charge in [-0.1, -0.05) is 35.9 Å². The van der Waals surface area contributed by atoms with E-state index in [1.54, 1.807) is 0 Å². The number of amides is 1. The van der Waals surface area contributed by atoms with Crippen molar-refractivity contribution in [2.45, 2.75) is 33.6 Å². The van der Waals surface area contributed by atoms with Gasteiger partial charge < -0.3 is 10.1 Å².